The van der Waals surface area contributed by atoms with E-state index in [2.05, 4.69) is 15.0 Å². The van der Waals surface area contributed by atoms with Gasteiger partial charge in [0.05, 0.1) is 10.9 Å². The molecule has 1 aromatic heterocycles. The van der Waals surface area contributed by atoms with Crippen LogP contribution in [-0.4, -0.2) is 26.3 Å². The van der Waals surface area contributed by atoms with E-state index < -0.39 is 35.4 Å². The van der Waals surface area contributed by atoms with Gasteiger partial charge < -0.3 is 14.0 Å². The molecular formula is C27H26F2N3O3P. The van der Waals surface area contributed by atoms with Gasteiger partial charge in [-0.05, 0) is 36.4 Å². The topological polar surface area (TPSA) is 74.2 Å². The molecule has 4 aromatic rings. The number of aromatic nitrogens is 3. The Hall–Kier alpha value is -3.64. The second-order valence-corrected chi connectivity index (χ2v) is 12.6. The van der Waals surface area contributed by atoms with E-state index in [4.69, 9.17) is 9.47 Å². The predicted octanol–water partition coefficient (Wildman–Crippen LogP) is 7.21. The second kappa shape index (κ2) is 10.5. The van der Waals surface area contributed by atoms with Crippen LogP contribution in [-0.2, 0) is 4.57 Å². The summed E-state index contributed by atoms with van der Waals surface area (Å²) < 4.78 is 56.3. The highest BCUT2D eigenvalue weighted by Crippen LogP contribution is 2.55. The van der Waals surface area contributed by atoms with Crippen molar-refractivity contribution < 1.29 is 22.8 Å². The third kappa shape index (κ3) is 5.14. The normalized spacial score (nSPS) is 11.7. The van der Waals surface area contributed by atoms with Gasteiger partial charge in [-0.1, -0.05) is 64.1 Å². The Morgan fingerprint density at radius 3 is 1.61 bits per heavy atom. The number of ether oxygens (including phenoxy) is 2. The van der Waals surface area contributed by atoms with E-state index in [9.17, 15) is 8.96 Å². The number of hydrogen-bond acceptors (Lipinski definition) is 6. The molecule has 0 amide bonds. The van der Waals surface area contributed by atoms with Crippen LogP contribution in [0.2, 0.25) is 0 Å². The maximum atomic E-state index is 16.0. The van der Waals surface area contributed by atoms with Crippen molar-refractivity contribution >= 4 is 12.4 Å². The molecule has 0 fully saturated rings. The molecule has 0 aliphatic heterocycles. The molecule has 1 heterocycles. The number of hydrogen-bond donors (Lipinski definition) is 0. The standard InChI is InChI=1S/C27H26F2N3O3P/c1-17(2)36(33,18(3)4)24-22(28)16-15-21(23(24)29)25-30-26(34-19-11-7-5-8-12-19)32-27(31-25)35-20-13-9-6-10-14-20/h5-18H,1-4H3. The molecule has 0 atom stereocenters. The minimum Gasteiger partial charge on any atom is -0.424 e. The van der Waals surface area contributed by atoms with Gasteiger partial charge in [0.2, 0.25) is 0 Å². The average molecular weight is 509 g/mol. The van der Waals surface area contributed by atoms with Crippen molar-refractivity contribution in [1.29, 1.82) is 0 Å². The first-order chi connectivity index (χ1) is 17.2. The summed E-state index contributed by atoms with van der Waals surface area (Å²) in [6.07, 6.45) is 0. The largest absolute Gasteiger partial charge is 0.424 e. The van der Waals surface area contributed by atoms with Crippen LogP contribution in [0.5, 0.6) is 23.5 Å². The Kier molecular flexibility index (Phi) is 7.45. The van der Waals surface area contributed by atoms with Crippen molar-refractivity contribution in [3.63, 3.8) is 0 Å². The summed E-state index contributed by atoms with van der Waals surface area (Å²) in [6.45, 7) is 6.81. The molecule has 0 aliphatic carbocycles. The van der Waals surface area contributed by atoms with Crippen molar-refractivity contribution in [2.45, 2.75) is 39.0 Å². The summed E-state index contributed by atoms with van der Waals surface area (Å²) >= 11 is 0. The van der Waals surface area contributed by atoms with Gasteiger partial charge in [-0.3, -0.25) is 0 Å². The number of rotatable bonds is 8. The molecule has 3 aromatic carbocycles. The lowest BCUT2D eigenvalue weighted by molar-refractivity contribution is 0.398. The smallest absolute Gasteiger partial charge is 0.328 e. The van der Waals surface area contributed by atoms with E-state index in [1.807, 2.05) is 12.1 Å². The molecule has 4 rings (SSSR count). The molecule has 9 heteroatoms. The highest BCUT2D eigenvalue weighted by molar-refractivity contribution is 7.72. The van der Waals surface area contributed by atoms with E-state index in [1.165, 1.54) is 6.07 Å². The first-order valence-corrected chi connectivity index (χ1v) is 13.3. The van der Waals surface area contributed by atoms with Crippen LogP contribution >= 0.6 is 7.14 Å². The van der Waals surface area contributed by atoms with Crippen LogP contribution in [0.3, 0.4) is 0 Å². The van der Waals surface area contributed by atoms with Crippen molar-refractivity contribution in [2.75, 3.05) is 0 Å². The summed E-state index contributed by atoms with van der Waals surface area (Å²) in [6, 6.07) is 19.6. The molecule has 0 aliphatic rings. The Balaban J connectivity index is 1.87. The summed E-state index contributed by atoms with van der Waals surface area (Å²) in [7, 11) is -3.46. The zero-order valence-electron chi connectivity index (χ0n) is 20.4. The monoisotopic (exact) mass is 509 g/mol. The molecule has 6 nitrogen and oxygen atoms in total. The fraction of sp³-hybridized carbons (Fsp3) is 0.222. The highest BCUT2D eigenvalue weighted by Gasteiger charge is 2.39. The van der Waals surface area contributed by atoms with Crippen molar-refractivity contribution in [3.05, 3.63) is 84.4 Å². The number of para-hydroxylation sites is 2. The van der Waals surface area contributed by atoms with E-state index in [0.717, 1.165) is 6.07 Å². The molecule has 0 saturated heterocycles. The lowest BCUT2D eigenvalue weighted by Gasteiger charge is -2.27. The van der Waals surface area contributed by atoms with Gasteiger partial charge in [-0.2, -0.15) is 9.97 Å². The first-order valence-electron chi connectivity index (χ1n) is 11.5. The van der Waals surface area contributed by atoms with Gasteiger partial charge in [0.25, 0.3) is 0 Å². The van der Waals surface area contributed by atoms with Crippen molar-refractivity contribution in [3.8, 4) is 34.9 Å². The van der Waals surface area contributed by atoms with Gasteiger partial charge in [0.1, 0.15) is 30.3 Å². The summed E-state index contributed by atoms with van der Waals surface area (Å²) in [5, 5.41) is -0.429. The fourth-order valence-electron chi connectivity index (χ4n) is 3.88. The quantitative estimate of drug-likeness (QED) is 0.234. The zero-order chi connectivity index (χ0) is 25.9. The van der Waals surface area contributed by atoms with Gasteiger partial charge in [0.15, 0.2) is 5.82 Å². The average Bonchev–Trinajstić information content (AvgIpc) is 2.85. The molecule has 0 saturated carbocycles. The van der Waals surface area contributed by atoms with Crippen LogP contribution in [0.15, 0.2) is 72.8 Å². The van der Waals surface area contributed by atoms with Gasteiger partial charge in [-0.25, -0.2) is 8.78 Å². The van der Waals surface area contributed by atoms with Crippen LogP contribution < -0.4 is 14.8 Å². The molecule has 0 radical (unpaired) electrons. The zero-order valence-corrected chi connectivity index (χ0v) is 21.2. The molecule has 0 N–H and O–H groups in total. The summed E-state index contributed by atoms with van der Waals surface area (Å²) in [5.41, 5.74) is -1.07. The predicted molar refractivity (Wildman–Crippen MR) is 136 cm³/mol. The Bertz CT molecular complexity index is 1330. The fourth-order valence-corrected chi connectivity index (χ4v) is 6.95. The summed E-state index contributed by atoms with van der Waals surface area (Å²) in [4.78, 5) is 12.7. The number of halogens is 2. The summed E-state index contributed by atoms with van der Waals surface area (Å²) in [5.74, 6) is -1.07. The Labute approximate surface area is 208 Å². The second-order valence-electron chi connectivity index (χ2n) is 8.71. The third-order valence-electron chi connectivity index (χ3n) is 5.69. The Morgan fingerprint density at radius 1 is 0.694 bits per heavy atom. The van der Waals surface area contributed by atoms with Crippen molar-refractivity contribution in [1.82, 2.24) is 15.0 Å². The maximum Gasteiger partial charge on any atom is 0.328 e. The van der Waals surface area contributed by atoms with Gasteiger partial charge in [-0.15, -0.1) is 4.98 Å². The van der Waals surface area contributed by atoms with E-state index >= 15 is 4.39 Å². The van der Waals surface area contributed by atoms with Crippen LogP contribution in [0.25, 0.3) is 11.4 Å². The lowest BCUT2D eigenvalue weighted by Crippen LogP contribution is -2.26. The number of nitrogens with zero attached hydrogens (tertiary/aromatic N) is 3. The van der Waals surface area contributed by atoms with Crippen LogP contribution in [0, 0.1) is 11.6 Å². The Morgan fingerprint density at radius 2 is 1.17 bits per heavy atom. The van der Waals surface area contributed by atoms with Crippen molar-refractivity contribution in [2.24, 2.45) is 0 Å². The third-order valence-corrected chi connectivity index (χ3v) is 9.87. The molecule has 186 valence electrons. The molecular weight excluding hydrogens is 483 g/mol. The van der Waals surface area contributed by atoms with E-state index in [0.29, 0.717) is 11.5 Å². The van der Waals surface area contributed by atoms with Crippen LogP contribution in [0.1, 0.15) is 27.7 Å². The molecule has 0 unspecified atom stereocenters. The number of benzene rings is 3. The molecule has 0 spiro atoms. The van der Waals surface area contributed by atoms with Crippen LogP contribution in [0.4, 0.5) is 8.78 Å². The van der Waals surface area contributed by atoms with Gasteiger partial charge in [0, 0.05) is 11.3 Å². The SMILES string of the molecule is CC(C)P(=O)(c1c(F)ccc(-c2nc(Oc3ccccc3)nc(Oc3ccccc3)n2)c1F)C(C)C. The minimum atomic E-state index is -3.46. The van der Waals surface area contributed by atoms with E-state index in [1.54, 1.807) is 76.2 Å². The first kappa shape index (κ1) is 25.5. The molecule has 36 heavy (non-hydrogen) atoms. The minimum absolute atomic E-state index is 0.133. The van der Waals surface area contributed by atoms with E-state index in [-0.39, 0.29) is 23.4 Å². The maximum absolute atomic E-state index is 16.0. The molecule has 0 bridgehead atoms. The highest BCUT2D eigenvalue weighted by atomic mass is 31.2. The lowest BCUT2D eigenvalue weighted by atomic mass is 10.2. The van der Waals surface area contributed by atoms with Gasteiger partial charge >= 0.3 is 12.0 Å².